The Morgan fingerprint density at radius 1 is 1.10 bits per heavy atom. The van der Waals surface area contributed by atoms with Gasteiger partial charge in [-0.1, -0.05) is 18.2 Å². The first-order chi connectivity index (χ1) is 14.2. The van der Waals surface area contributed by atoms with Gasteiger partial charge in [0.05, 0.1) is 11.4 Å². The van der Waals surface area contributed by atoms with Crippen LogP contribution >= 0.6 is 0 Å². The maximum absolute atomic E-state index is 4.89. The van der Waals surface area contributed by atoms with E-state index in [1.807, 2.05) is 47.4 Å². The first kappa shape index (κ1) is 19.8. The third-order valence-corrected chi connectivity index (χ3v) is 5.79. The molecule has 1 N–H and O–H groups in total. The number of nitrogens with one attached hydrogen (secondary N) is 1. The van der Waals surface area contributed by atoms with E-state index in [4.69, 9.17) is 5.10 Å². The molecule has 3 aromatic rings. The quantitative estimate of drug-likeness (QED) is 0.660. The van der Waals surface area contributed by atoms with E-state index in [1.165, 1.54) is 31.5 Å². The standard InChI is InChI=1S/C24H31N5/c1-19(2)28-14-6-7-20(17-28)15-26-16-22-18-29(23-8-4-3-5-9-23)27-24(22)21-10-12-25-13-11-21/h3-5,8-13,18-20,26H,6-7,14-17H2,1-2H3. The topological polar surface area (TPSA) is 46.0 Å². The lowest BCUT2D eigenvalue weighted by Gasteiger charge is -2.35. The molecule has 0 amide bonds. The molecule has 0 aliphatic carbocycles. The Bertz CT molecular complexity index is 888. The van der Waals surface area contributed by atoms with Crippen LogP contribution in [0.2, 0.25) is 0 Å². The zero-order valence-electron chi connectivity index (χ0n) is 17.5. The fourth-order valence-corrected chi connectivity index (χ4v) is 4.15. The summed E-state index contributed by atoms with van der Waals surface area (Å²) in [4.78, 5) is 6.76. The minimum absolute atomic E-state index is 0.639. The molecule has 1 fully saturated rings. The van der Waals surface area contributed by atoms with Crippen molar-refractivity contribution in [3.05, 3.63) is 66.6 Å². The number of hydrogen-bond donors (Lipinski definition) is 1. The second kappa shape index (κ2) is 9.33. The molecule has 1 saturated heterocycles. The fourth-order valence-electron chi connectivity index (χ4n) is 4.15. The molecule has 3 heterocycles. The van der Waals surface area contributed by atoms with Gasteiger partial charge >= 0.3 is 0 Å². The van der Waals surface area contributed by atoms with Gasteiger partial charge in [0.2, 0.25) is 0 Å². The number of nitrogens with zero attached hydrogens (tertiary/aromatic N) is 4. The summed E-state index contributed by atoms with van der Waals surface area (Å²) in [6.07, 6.45) is 8.43. The van der Waals surface area contributed by atoms with E-state index in [2.05, 4.69) is 47.4 Å². The van der Waals surface area contributed by atoms with Crippen LogP contribution in [0.4, 0.5) is 0 Å². The van der Waals surface area contributed by atoms with Crippen molar-refractivity contribution in [3.8, 4) is 16.9 Å². The van der Waals surface area contributed by atoms with Crippen LogP contribution in [0.15, 0.2) is 61.1 Å². The average Bonchev–Trinajstić information content (AvgIpc) is 3.19. The predicted molar refractivity (Wildman–Crippen MR) is 118 cm³/mol. The highest BCUT2D eigenvalue weighted by atomic mass is 15.3. The van der Waals surface area contributed by atoms with Gasteiger partial charge in [-0.3, -0.25) is 4.98 Å². The molecule has 0 saturated carbocycles. The minimum Gasteiger partial charge on any atom is -0.312 e. The van der Waals surface area contributed by atoms with Gasteiger partial charge in [-0.2, -0.15) is 5.10 Å². The number of pyridine rings is 1. The summed E-state index contributed by atoms with van der Waals surface area (Å²) in [7, 11) is 0. The number of para-hydroxylation sites is 1. The molecule has 0 spiro atoms. The highest BCUT2D eigenvalue weighted by Crippen LogP contribution is 2.24. The van der Waals surface area contributed by atoms with Gasteiger partial charge in [-0.05, 0) is 70.0 Å². The van der Waals surface area contributed by atoms with Crippen molar-refractivity contribution in [2.75, 3.05) is 19.6 Å². The molecule has 1 atom stereocenters. The number of rotatable bonds is 7. The highest BCUT2D eigenvalue weighted by molar-refractivity contribution is 5.62. The molecular formula is C24H31N5. The fraction of sp³-hybridized carbons (Fsp3) is 0.417. The summed E-state index contributed by atoms with van der Waals surface area (Å²) < 4.78 is 1.98. The molecule has 0 radical (unpaired) electrons. The van der Waals surface area contributed by atoms with Gasteiger partial charge < -0.3 is 10.2 Å². The van der Waals surface area contributed by atoms with Crippen LogP contribution < -0.4 is 5.32 Å². The van der Waals surface area contributed by atoms with Crippen LogP contribution in [-0.4, -0.2) is 45.3 Å². The Morgan fingerprint density at radius 2 is 1.90 bits per heavy atom. The number of likely N-dealkylation sites (tertiary alicyclic amines) is 1. The van der Waals surface area contributed by atoms with Gasteiger partial charge in [-0.15, -0.1) is 0 Å². The number of hydrogen-bond acceptors (Lipinski definition) is 4. The molecule has 5 nitrogen and oxygen atoms in total. The molecule has 2 aromatic heterocycles. The van der Waals surface area contributed by atoms with Crippen molar-refractivity contribution in [3.63, 3.8) is 0 Å². The monoisotopic (exact) mass is 389 g/mol. The molecule has 1 aliphatic heterocycles. The van der Waals surface area contributed by atoms with E-state index in [9.17, 15) is 0 Å². The Labute approximate surface area is 173 Å². The van der Waals surface area contributed by atoms with Crippen LogP contribution in [0.3, 0.4) is 0 Å². The van der Waals surface area contributed by atoms with Crippen LogP contribution in [-0.2, 0) is 6.54 Å². The van der Waals surface area contributed by atoms with E-state index in [0.29, 0.717) is 6.04 Å². The lowest BCUT2D eigenvalue weighted by atomic mass is 9.97. The summed E-state index contributed by atoms with van der Waals surface area (Å²) in [6.45, 7) is 8.91. The van der Waals surface area contributed by atoms with E-state index in [0.717, 1.165) is 36.0 Å². The molecule has 152 valence electrons. The molecule has 5 heteroatoms. The second-order valence-electron chi connectivity index (χ2n) is 8.25. The third kappa shape index (κ3) is 4.92. The van der Waals surface area contributed by atoms with E-state index < -0.39 is 0 Å². The van der Waals surface area contributed by atoms with Crippen molar-refractivity contribution in [2.24, 2.45) is 5.92 Å². The zero-order chi connectivity index (χ0) is 20.1. The smallest absolute Gasteiger partial charge is 0.0973 e. The average molecular weight is 390 g/mol. The normalized spacial score (nSPS) is 17.7. The van der Waals surface area contributed by atoms with Crippen LogP contribution in [0.1, 0.15) is 32.3 Å². The third-order valence-electron chi connectivity index (χ3n) is 5.79. The Hall–Kier alpha value is -2.50. The summed E-state index contributed by atoms with van der Waals surface area (Å²) in [6, 6.07) is 15.0. The van der Waals surface area contributed by atoms with Crippen molar-refractivity contribution < 1.29 is 0 Å². The lowest BCUT2D eigenvalue weighted by Crippen LogP contribution is -2.42. The number of benzene rings is 1. The molecule has 1 aromatic carbocycles. The molecule has 1 unspecified atom stereocenters. The van der Waals surface area contributed by atoms with Gasteiger partial charge in [0.25, 0.3) is 0 Å². The maximum atomic E-state index is 4.89. The Kier molecular flexibility index (Phi) is 6.37. The Balaban J connectivity index is 1.48. The van der Waals surface area contributed by atoms with Crippen LogP contribution in [0.5, 0.6) is 0 Å². The lowest BCUT2D eigenvalue weighted by molar-refractivity contribution is 0.138. The first-order valence-electron chi connectivity index (χ1n) is 10.7. The van der Waals surface area contributed by atoms with Crippen molar-refractivity contribution in [1.29, 1.82) is 0 Å². The van der Waals surface area contributed by atoms with Gasteiger partial charge in [-0.25, -0.2) is 4.68 Å². The molecule has 29 heavy (non-hydrogen) atoms. The van der Waals surface area contributed by atoms with Crippen LogP contribution in [0, 0.1) is 5.92 Å². The molecule has 0 bridgehead atoms. The van der Waals surface area contributed by atoms with Crippen molar-refractivity contribution >= 4 is 0 Å². The summed E-state index contributed by atoms with van der Waals surface area (Å²) in [5, 5.41) is 8.60. The molecule has 1 aliphatic rings. The summed E-state index contributed by atoms with van der Waals surface area (Å²) in [5.74, 6) is 0.722. The van der Waals surface area contributed by atoms with Crippen molar-refractivity contribution in [1.82, 2.24) is 25.0 Å². The largest absolute Gasteiger partial charge is 0.312 e. The highest BCUT2D eigenvalue weighted by Gasteiger charge is 2.21. The first-order valence-corrected chi connectivity index (χ1v) is 10.7. The summed E-state index contributed by atoms with van der Waals surface area (Å²) >= 11 is 0. The van der Waals surface area contributed by atoms with Gasteiger partial charge in [0.15, 0.2) is 0 Å². The predicted octanol–water partition coefficient (Wildman–Crippen LogP) is 4.14. The molecule has 4 rings (SSSR count). The number of piperidine rings is 1. The van der Waals surface area contributed by atoms with E-state index >= 15 is 0 Å². The number of aromatic nitrogens is 3. The SMILES string of the molecule is CC(C)N1CCCC(CNCc2cn(-c3ccccc3)nc2-c2ccncc2)C1. The Morgan fingerprint density at radius 3 is 2.66 bits per heavy atom. The minimum atomic E-state index is 0.639. The van der Waals surface area contributed by atoms with Crippen molar-refractivity contribution in [2.45, 2.75) is 39.3 Å². The second-order valence-corrected chi connectivity index (χ2v) is 8.25. The van der Waals surface area contributed by atoms with Gasteiger partial charge in [0.1, 0.15) is 0 Å². The van der Waals surface area contributed by atoms with Gasteiger partial charge in [0, 0.05) is 48.8 Å². The molecular weight excluding hydrogens is 358 g/mol. The van der Waals surface area contributed by atoms with E-state index in [1.54, 1.807) is 0 Å². The zero-order valence-corrected chi connectivity index (χ0v) is 17.5. The van der Waals surface area contributed by atoms with Crippen LogP contribution in [0.25, 0.3) is 16.9 Å². The summed E-state index contributed by atoms with van der Waals surface area (Å²) in [5.41, 5.74) is 4.43. The maximum Gasteiger partial charge on any atom is 0.0973 e. The van der Waals surface area contributed by atoms with E-state index in [-0.39, 0.29) is 0 Å².